The van der Waals surface area contributed by atoms with Gasteiger partial charge in [0.2, 0.25) is 10.0 Å². The Hall–Kier alpha value is -2.35. The number of rotatable bonds is 9. The number of sulfonamides is 1. The fourth-order valence-corrected chi connectivity index (χ4v) is 4.15. The average molecular weight is 428 g/mol. The van der Waals surface area contributed by atoms with Gasteiger partial charge in [0.1, 0.15) is 29.7 Å². The molecular formula is C16H21BN2O9S. The highest BCUT2D eigenvalue weighted by Gasteiger charge is 2.34. The minimum absolute atomic E-state index is 0.112. The summed E-state index contributed by atoms with van der Waals surface area (Å²) in [7, 11) is -4.75. The van der Waals surface area contributed by atoms with E-state index in [4.69, 9.17) is 14.5 Å². The van der Waals surface area contributed by atoms with Gasteiger partial charge in [-0.3, -0.25) is 9.69 Å². The van der Waals surface area contributed by atoms with E-state index in [1.165, 1.54) is 0 Å². The van der Waals surface area contributed by atoms with Gasteiger partial charge in [-0.25, -0.2) is 17.9 Å². The molecule has 0 bridgehead atoms. The lowest BCUT2D eigenvalue weighted by Gasteiger charge is -2.39. The van der Waals surface area contributed by atoms with E-state index in [-0.39, 0.29) is 35.5 Å². The molecule has 0 amide bonds. The van der Waals surface area contributed by atoms with Crippen LogP contribution in [0.15, 0.2) is 12.1 Å². The van der Waals surface area contributed by atoms with E-state index in [0.717, 1.165) is 0 Å². The molecule has 0 radical (unpaired) electrons. The third kappa shape index (κ3) is 5.38. The van der Waals surface area contributed by atoms with Crippen LogP contribution in [0.5, 0.6) is 11.5 Å². The average Bonchev–Trinajstić information content (AvgIpc) is 2.61. The lowest BCUT2D eigenvalue weighted by atomic mass is 9.78. The van der Waals surface area contributed by atoms with Crippen molar-refractivity contribution < 1.29 is 42.6 Å². The second-order valence-electron chi connectivity index (χ2n) is 6.88. The number of likely N-dealkylation sites (tertiary alicyclic amines) is 1. The van der Waals surface area contributed by atoms with Gasteiger partial charge in [-0.15, -0.1) is 0 Å². The number of nitrogens with zero attached hydrogens (tertiary/aromatic N) is 1. The molecular weight excluding hydrogens is 407 g/mol. The molecule has 0 aromatic heterocycles. The topological polar surface area (TPSA) is 163 Å². The Labute approximate surface area is 167 Å². The zero-order chi connectivity index (χ0) is 21.2. The molecule has 0 unspecified atom stereocenters. The Morgan fingerprint density at radius 2 is 2.03 bits per heavy atom. The Bertz CT molecular complexity index is 902. The van der Waals surface area contributed by atoms with Crippen molar-refractivity contribution in [2.45, 2.75) is 18.8 Å². The summed E-state index contributed by atoms with van der Waals surface area (Å²) < 4.78 is 36.4. The first-order valence-electron chi connectivity index (χ1n) is 8.96. The van der Waals surface area contributed by atoms with Gasteiger partial charge in [-0.05, 0) is 24.4 Å². The smallest absolute Gasteiger partial charge is 0.522 e. The minimum atomic E-state index is -3.69. The third-order valence-corrected chi connectivity index (χ3v) is 5.97. The van der Waals surface area contributed by atoms with Crippen LogP contribution in [0, 0.1) is 0 Å². The molecule has 0 aliphatic carbocycles. The molecule has 13 heteroatoms. The van der Waals surface area contributed by atoms with E-state index in [0.29, 0.717) is 31.4 Å². The van der Waals surface area contributed by atoms with Gasteiger partial charge >= 0.3 is 19.1 Å². The van der Waals surface area contributed by atoms with Gasteiger partial charge in [0, 0.05) is 19.6 Å². The SMILES string of the molecule is O=C(O)CNS(=O)(=O)CCN1CC(Oc2ccc3c(c2C(=O)O)OB(O)CC3)C1. The van der Waals surface area contributed by atoms with Crippen LogP contribution in [-0.4, -0.2) is 85.6 Å². The number of benzene rings is 1. The molecule has 1 aromatic rings. The van der Waals surface area contributed by atoms with Crippen molar-refractivity contribution in [1.82, 2.24) is 9.62 Å². The van der Waals surface area contributed by atoms with Gasteiger partial charge in [0.15, 0.2) is 0 Å². The predicted octanol–water partition coefficient (Wildman–Crippen LogP) is -1.13. The normalized spacial score (nSPS) is 17.2. The molecule has 158 valence electrons. The molecule has 0 atom stereocenters. The molecule has 11 nitrogen and oxygen atoms in total. The van der Waals surface area contributed by atoms with Crippen molar-refractivity contribution in [2.24, 2.45) is 0 Å². The first kappa shape index (κ1) is 21.4. The Morgan fingerprint density at radius 1 is 1.31 bits per heavy atom. The summed E-state index contributed by atoms with van der Waals surface area (Å²) >= 11 is 0. The summed E-state index contributed by atoms with van der Waals surface area (Å²) in [5.74, 6) is -2.50. The summed E-state index contributed by atoms with van der Waals surface area (Å²) in [6.45, 7) is 0.323. The van der Waals surface area contributed by atoms with Gasteiger partial charge in [-0.1, -0.05) is 6.07 Å². The van der Waals surface area contributed by atoms with E-state index in [1.807, 2.05) is 4.72 Å². The monoisotopic (exact) mass is 428 g/mol. The molecule has 2 aliphatic heterocycles. The highest BCUT2D eigenvalue weighted by molar-refractivity contribution is 7.89. The molecule has 29 heavy (non-hydrogen) atoms. The van der Waals surface area contributed by atoms with E-state index in [2.05, 4.69) is 0 Å². The van der Waals surface area contributed by atoms with Gasteiger partial charge in [-0.2, -0.15) is 0 Å². The summed E-state index contributed by atoms with van der Waals surface area (Å²) in [6.07, 6.45) is 0.557. The Kier molecular flexibility index (Phi) is 6.31. The van der Waals surface area contributed by atoms with E-state index >= 15 is 0 Å². The molecule has 2 heterocycles. The van der Waals surface area contributed by atoms with Crippen molar-refractivity contribution in [1.29, 1.82) is 0 Å². The zero-order valence-electron chi connectivity index (χ0n) is 15.4. The Balaban J connectivity index is 1.56. The van der Waals surface area contributed by atoms with Crippen LogP contribution in [-0.2, 0) is 21.2 Å². The number of aromatic carboxylic acids is 1. The summed E-state index contributed by atoms with van der Waals surface area (Å²) in [5, 5.41) is 27.7. The van der Waals surface area contributed by atoms with Crippen molar-refractivity contribution in [3.05, 3.63) is 23.3 Å². The van der Waals surface area contributed by atoms with Crippen molar-refractivity contribution >= 4 is 29.1 Å². The second kappa shape index (κ2) is 8.57. The number of aryl methyl sites for hydroxylation is 1. The Morgan fingerprint density at radius 3 is 2.69 bits per heavy atom. The first-order valence-corrected chi connectivity index (χ1v) is 10.6. The quantitative estimate of drug-likeness (QED) is 0.354. The molecule has 1 saturated heterocycles. The van der Waals surface area contributed by atoms with Crippen LogP contribution in [0.1, 0.15) is 15.9 Å². The van der Waals surface area contributed by atoms with Crippen molar-refractivity contribution in [3.63, 3.8) is 0 Å². The number of fused-ring (bicyclic) bond motifs is 1. The number of carboxylic acids is 2. The van der Waals surface area contributed by atoms with Gasteiger partial charge in [0.05, 0.1) is 5.75 Å². The fourth-order valence-electron chi connectivity index (χ4n) is 3.17. The first-order chi connectivity index (χ1) is 13.6. The van der Waals surface area contributed by atoms with Crippen LogP contribution in [0.2, 0.25) is 6.32 Å². The third-order valence-electron chi connectivity index (χ3n) is 4.67. The maximum atomic E-state index is 11.7. The van der Waals surface area contributed by atoms with Crippen LogP contribution in [0.3, 0.4) is 0 Å². The number of hydrogen-bond donors (Lipinski definition) is 4. The standard InChI is InChI=1S/C16H21BN2O9S/c20-13(21)7-18-29(25,26)6-5-19-8-11(9-19)27-12-2-1-10-3-4-17(24)28-15(10)14(12)16(22)23/h1-2,11,18,24H,3-9H2,(H,20,21)(H,22,23). The molecule has 2 aliphatic rings. The summed E-state index contributed by atoms with van der Waals surface area (Å²) in [5.41, 5.74) is 0.550. The van der Waals surface area contributed by atoms with E-state index in [9.17, 15) is 28.1 Å². The molecule has 0 spiro atoms. The lowest BCUT2D eigenvalue weighted by Crippen LogP contribution is -2.55. The van der Waals surface area contributed by atoms with Crippen LogP contribution in [0.4, 0.5) is 0 Å². The van der Waals surface area contributed by atoms with Gasteiger partial charge in [0.25, 0.3) is 0 Å². The van der Waals surface area contributed by atoms with E-state index < -0.39 is 35.6 Å². The predicted molar refractivity (Wildman–Crippen MR) is 101 cm³/mol. The number of nitrogens with one attached hydrogen (secondary N) is 1. The van der Waals surface area contributed by atoms with Crippen LogP contribution in [0.25, 0.3) is 0 Å². The summed E-state index contributed by atoms with van der Waals surface area (Å²) in [4.78, 5) is 23.9. The number of aliphatic carboxylic acids is 1. The fraction of sp³-hybridized carbons (Fsp3) is 0.500. The molecule has 4 N–H and O–H groups in total. The number of carboxylic acid groups (broad SMARTS) is 2. The number of carbonyl (C=O) groups is 2. The highest BCUT2D eigenvalue weighted by Crippen LogP contribution is 2.37. The zero-order valence-corrected chi connectivity index (χ0v) is 16.2. The van der Waals surface area contributed by atoms with Crippen molar-refractivity contribution in [2.75, 3.05) is 31.9 Å². The number of hydrogen-bond acceptors (Lipinski definition) is 8. The second-order valence-corrected chi connectivity index (χ2v) is 8.80. The molecule has 3 rings (SSSR count). The maximum absolute atomic E-state index is 11.7. The summed E-state index contributed by atoms with van der Waals surface area (Å²) in [6, 6.07) is 3.27. The lowest BCUT2D eigenvalue weighted by molar-refractivity contribution is -0.135. The van der Waals surface area contributed by atoms with Crippen LogP contribution < -0.4 is 14.1 Å². The number of ether oxygens (including phenoxy) is 1. The molecule has 1 fully saturated rings. The van der Waals surface area contributed by atoms with Gasteiger partial charge < -0.3 is 24.6 Å². The maximum Gasteiger partial charge on any atom is 0.522 e. The van der Waals surface area contributed by atoms with Crippen LogP contribution >= 0.6 is 0 Å². The molecule has 0 saturated carbocycles. The van der Waals surface area contributed by atoms with E-state index in [1.54, 1.807) is 17.0 Å². The van der Waals surface area contributed by atoms with Crippen molar-refractivity contribution in [3.8, 4) is 11.5 Å². The largest absolute Gasteiger partial charge is 0.535 e. The minimum Gasteiger partial charge on any atom is -0.535 e. The highest BCUT2D eigenvalue weighted by atomic mass is 32.2. The molecule has 1 aromatic carbocycles.